The second-order valence-electron chi connectivity index (χ2n) is 10.2. The molecule has 1 amide bonds. The van der Waals surface area contributed by atoms with Crippen molar-refractivity contribution < 1.29 is 24.5 Å². The number of nitrogens with one attached hydrogen (secondary N) is 1. The van der Waals surface area contributed by atoms with E-state index >= 15 is 0 Å². The number of likely N-dealkylation sites (tertiary alicyclic amines) is 1. The van der Waals surface area contributed by atoms with Crippen molar-refractivity contribution in [3.05, 3.63) is 52.5 Å². The molecule has 0 radical (unpaired) electrons. The Bertz CT molecular complexity index is 1080. The molecule has 182 valence electrons. The van der Waals surface area contributed by atoms with E-state index in [-0.39, 0.29) is 35.7 Å². The van der Waals surface area contributed by atoms with E-state index in [4.69, 9.17) is 21.1 Å². The molecule has 3 N–H and O–H groups in total. The number of nitrogens with zero attached hydrogens (tertiary/aromatic N) is 1. The molecule has 2 aromatic rings. The van der Waals surface area contributed by atoms with Gasteiger partial charge >= 0.3 is 0 Å². The first kappa shape index (κ1) is 23.3. The maximum absolute atomic E-state index is 12.5. The number of piperidine rings is 1. The summed E-state index contributed by atoms with van der Waals surface area (Å²) in [5, 5.41) is 24.6. The molecule has 3 aliphatic rings. The number of benzene rings is 2. The van der Waals surface area contributed by atoms with Gasteiger partial charge in [0.25, 0.3) is 5.91 Å². The summed E-state index contributed by atoms with van der Waals surface area (Å²) in [7, 11) is 0. The summed E-state index contributed by atoms with van der Waals surface area (Å²) in [5.74, 6) is 0.979. The Hall–Kier alpha value is -2.48. The summed E-state index contributed by atoms with van der Waals surface area (Å²) in [4.78, 5) is 14.7. The molecule has 2 aromatic carbocycles. The van der Waals surface area contributed by atoms with Gasteiger partial charge < -0.3 is 29.9 Å². The van der Waals surface area contributed by atoms with Gasteiger partial charge in [-0.1, -0.05) is 11.6 Å². The number of ether oxygens (including phenoxy) is 2. The van der Waals surface area contributed by atoms with E-state index in [0.29, 0.717) is 12.1 Å². The molecule has 0 aromatic heterocycles. The van der Waals surface area contributed by atoms with Gasteiger partial charge in [0.05, 0.1) is 5.56 Å². The summed E-state index contributed by atoms with van der Waals surface area (Å²) in [5.41, 5.74) is 0.192. The quantitative estimate of drug-likeness (QED) is 0.554. The number of amides is 1. The normalized spacial score (nSPS) is 20.9. The lowest BCUT2D eigenvalue weighted by Crippen LogP contribution is -2.52. The third-order valence-corrected chi connectivity index (χ3v) is 7.09. The highest BCUT2D eigenvalue weighted by molar-refractivity contribution is 6.30. The molecule has 0 unspecified atom stereocenters. The molecule has 8 heteroatoms. The van der Waals surface area contributed by atoms with Crippen molar-refractivity contribution in [1.29, 1.82) is 0 Å². The number of rotatable bonds is 7. The zero-order valence-corrected chi connectivity index (χ0v) is 20.1. The van der Waals surface area contributed by atoms with Gasteiger partial charge in [-0.2, -0.15) is 0 Å². The third kappa shape index (κ3) is 5.27. The topological polar surface area (TPSA) is 91.3 Å². The van der Waals surface area contributed by atoms with Crippen LogP contribution in [0, 0.1) is 0 Å². The van der Waals surface area contributed by atoms with E-state index in [9.17, 15) is 15.0 Å². The average molecular weight is 487 g/mol. The Morgan fingerprint density at radius 1 is 1.26 bits per heavy atom. The van der Waals surface area contributed by atoms with E-state index in [0.717, 1.165) is 61.5 Å². The molecule has 5 rings (SSSR count). The number of phenolic OH excluding ortho intramolecular Hbond substituents is 1. The summed E-state index contributed by atoms with van der Waals surface area (Å²) >= 11 is 6.14. The summed E-state index contributed by atoms with van der Waals surface area (Å²) in [6.45, 7) is 3.78. The first-order chi connectivity index (χ1) is 16.2. The number of phenols is 1. The Kier molecular flexibility index (Phi) is 6.12. The molecule has 1 saturated heterocycles. The van der Waals surface area contributed by atoms with Crippen molar-refractivity contribution in [2.24, 2.45) is 0 Å². The lowest BCUT2D eigenvalue weighted by atomic mass is 9.86. The van der Waals surface area contributed by atoms with Crippen molar-refractivity contribution in [2.75, 3.05) is 26.2 Å². The van der Waals surface area contributed by atoms with Crippen LogP contribution in [0.25, 0.3) is 0 Å². The summed E-state index contributed by atoms with van der Waals surface area (Å²) < 4.78 is 12.2. The number of carbonyl (C=O) groups is 1. The zero-order valence-electron chi connectivity index (χ0n) is 19.3. The zero-order chi connectivity index (χ0) is 23.9. The van der Waals surface area contributed by atoms with Crippen molar-refractivity contribution >= 4 is 17.5 Å². The number of β-amino-alcohol motifs (C(OH)–C–C–N with tert-alkyl or cyclic N) is 1. The van der Waals surface area contributed by atoms with Crippen LogP contribution in [0.5, 0.6) is 17.2 Å². The molecule has 2 heterocycles. The van der Waals surface area contributed by atoms with Crippen LogP contribution in [0.4, 0.5) is 0 Å². The first-order valence-corrected chi connectivity index (χ1v) is 12.3. The fraction of sp³-hybridized carbons (Fsp3) is 0.500. The Morgan fingerprint density at radius 3 is 2.76 bits per heavy atom. The van der Waals surface area contributed by atoms with E-state index in [2.05, 4.69) is 10.2 Å². The minimum absolute atomic E-state index is 0.00223. The standard InChI is InChI=1S/C26H31ClN2O5/c1-25(32,16-33-23-13-20(30)5-6-21(23)24(31)28-19-3-4-19)15-29-10-8-26(9-11-29)14-17-12-18(27)2-7-22(17)34-26/h2,5-7,12-13,19,30,32H,3-4,8-11,14-16H2,1H3,(H,28,31)/t25-/m0/s1. The van der Waals surface area contributed by atoms with E-state index in [1.54, 1.807) is 13.0 Å². The van der Waals surface area contributed by atoms with Gasteiger partial charge in [-0.3, -0.25) is 4.79 Å². The molecule has 1 spiro atoms. The molecular weight excluding hydrogens is 456 g/mol. The van der Waals surface area contributed by atoms with Crippen LogP contribution in [0.2, 0.25) is 5.02 Å². The smallest absolute Gasteiger partial charge is 0.255 e. The van der Waals surface area contributed by atoms with Crippen LogP contribution < -0.4 is 14.8 Å². The highest BCUT2D eigenvalue weighted by Gasteiger charge is 2.43. The Morgan fingerprint density at radius 2 is 2.03 bits per heavy atom. The van der Waals surface area contributed by atoms with Crippen LogP contribution >= 0.6 is 11.6 Å². The maximum atomic E-state index is 12.5. The number of hydrogen-bond acceptors (Lipinski definition) is 6. The van der Waals surface area contributed by atoms with Crippen LogP contribution in [0.3, 0.4) is 0 Å². The van der Waals surface area contributed by atoms with Gasteiger partial charge in [0, 0.05) is 56.0 Å². The van der Waals surface area contributed by atoms with Gasteiger partial charge in [0.2, 0.25) is 0 Å². The highest BCUT2D eigenvalue weighted by atomic mass is 35.5. The van der Waals surface area contributed by atoms with Crippen molar-refractivity contribution in [3.8, 4) is 17.2 Å². The predicted octanol–water partition coefficient (Wildman–Crippen LogP) is 3.54. The highest BCUT2D eigenvalue weighted by Crippen LogP contribution is 2.42. The number of hydrogen-bond donors (Lipinski definition) is 3. The molecule has 1 saturated carbocycles. The average Bonchev–Trinajstić information content (AvgIpc) is 3.53. The number of fused-ring (bicyclic) bond motifs is 1. The van der Waals surface area contributed by atoms with Gasteiger partial charge in [-0.25, -0.2) is 0 Å². The number of halogens is 1. The van der Waals surface area contributed by atoms with E-state index in [1.807, 2.05) is 18.2 Å². The monoisotopic (exact) mass is 486 g/mol. The maximum Gasteiger partial charge on any atom is 0.255 e. The molecule has 7 nitrogen and oxygen atoms in total. The molecule has 1 atom stereocenters. The lowest BCUT2D eigenvalue weighted by molar-refractivity contribution is -0.0431. The second kappa shape index (κ2) is 8.95. The predicted molar refractivity (Wildman–Crippen MR) is 129 cm³/mol. The minimum atomic E-state index is -1.13. The molecular formula is C26H31ClN2O5. The van der Waals surface area contributed by atoms with Crippen molar-refractivity contribution in [2.45, 2.75) is 56.3 Å². The van der Waals surface area contributed by atoms with Crippen LogP contribution in [-0.4, -0.2) is 64.5 Å². The lowest BCUT2D eigenvalue weighted by Gasteiger charge is -2.41. The minimum Gasteiger partial charge on any atom is -0.508 e. The van der Waals surface area contributed by atoms with E-state index < -0.39 is 5.60 Å². The van der Waals surface area contributed by atoms with Gasteiger partial charge in [-0.15, -0.1) is 0 Å². The fourth-order valence-electron chi connectivity index (χ4n) is 4.87. The van der Waals surface area contributed by atoms with Crippen LogP contribution in [0.1, 0.15) is 48.5 Å². The first-order valence-electron chi connectivity index (χ1n) is 11.9. The Balaban J connectivity index is 1.16. The molecule has 2 fully saturated rings. The Labute approximate surface area is 204 Å². The molecule has 1 aliphatic carbocycles. The number of aliphatic hydroxyl groups is 1. The molecule has 2 aliphatic heterocycles. The summed E-state index contributed by atoms with van der Waals surface area (Å²) in [6.07, 6.45) is 4.56. The van der Waals surface area contributed by atoms with Gasteiger partial charge in [0.15, 0.2) is 0 Å². The second-order valence-corrected chi connectivity index (χ2v) is 10.6. The third-order valence-electron chi connectivity index (χ3n) is 6.85. The van der Waals surface area contributed by atoms with E-state index in [1.165, 1.54) is 12.1 Å². The van der Waals surface area contributed by atoms with Crippen LogP contribution in [-0.2, 0) is 6.42 Å². The van der Waals surface area contributed by atoms with Crippen molar-refractivity contribution in [1.82, 2.24) is 10.2 Å². The van der Waals surface area contributed by atoms with Crippen LogP contribution in [0.15, 0.2) is 36.4 Å². The van der Waals surface area contributed by atoms with Gasteiger partial charge in [0.1, 0.15) is 35.1 Å². The van der Waals surface area contributed by atoms with Crippen molar-refractivity contribution in [3.63, 3.8) is 0 Å². The SMILES string of the molecule is C[C@@](O)(COc1cc(O)ccc1C(=O)NC1CC1)CN1CCC2(CC1)Cc1cc(Cl)ccc1O2. The summed E-state index contributed by atoms with van der Waals surface area (Å²) in [6, 6.07) is 10.4. The largest absolute Gasteiger partial charge is 0.508 e. The van der Waals surface area contributed by atoms with Gasteiger partial charge in [-0.05, 0) is 55.7 Å². The number of carbonyl (C=O) groups excluding carboxylic acids is 1. The number of aromatic hydroxyl groups is 1. The molecule has 34 heavy (non-hydrogen) atoms. The molecule has 0 bridgehead atoms. The fourth-order valence-corrected chi connectivity index (χ4v) is 5.06.